The van der Waals surface area contributed by atoms with Crippen LogP contribution in [0.2, 0.25) is 0 Å². The zero-order valence-electron chi connectivity index (χ0n) is 9.20. The summed E-state index contributed by atoms with van der Waals surface area (Å²) in [6, 6.07) is 9.40. The van der Waals surface area contributed by atoms with Gasteiger partial charge in [0.15, 0.2) is 0 Å². The Balaban J connectivity index is 1.92. The summed E-state index contributed by atoms with van der Waals surface area (Å²) in [7, 11) is 0. The first-order chi connectivity index (χ1) is 7.86. The Morgan fingerprint density at radius 2 is 2.06 bits per heavy atom. The Hall–Kier alpha value is -1.39. The topological polar surface area (TPSA) is 53.2 Å². The van der Waals surface area contributed by atoms with E-state index in [1.54, 1.807) is 0 Å². The molecule has 1 aliphatic heterocycles. The number of benzene rings is 1. The molecular formula is C12H17N3O. The zero-order valence-corrected chi connectivity index (χ0v) is 9.20. The van der Waals surface area contributed by atoms with Crippen molar-refractivity contribution in [2.45, 2.75) is 12.5 Å². The minimum atomic E-state index is -0.136. The zero-order chi connectivity index (χ0) is 11.2. The van der Waals surface area contributed by atoms with Gasteiger partial charge in [-0.05, 0) is 31.6 Å². The van der Waals surface area contributed by atoms with Crippen LogP contribution in [0.4, 0.5) is 5.69 Å². The molecule has 4 nitrogen and oxygen atoms in total. The lowest BCUT2D eigenvalue weighted by molar-refractivity contribution is -0.117. The molecular weight excluding hydrogens is 202 g/mol. The molecule has 0 aliphatic carbocycles. The molecule has 86 valence electrons. The summed E-state index contributed by atoms with van der Waals surface area (Å²) >= 11 is 0. The van der Waals surface area contributed by atoms with Crippen molar-refractivity contribution in [1.29, 1.82) is 0 Å². The molecule has 1 saturated heterocycles. The van der Waals surface area contributed by atoms with E-state index >= 15 is 0 Å². The third kappa shape index (κ3) is 3.05. The fraction of sp³-hybridized carbons (Fsp3) is 0.417. The molecule has 0 spiro atoms. The van der Waals surface area contributed by atoms with Gasteiger partial charge < -0.3 is 16.0 Å². The van der Waals surface area contributed by atoms with E-state index in [-0.39, 0.29) is 11.9 Å². The fourth-order valence-corrected chi connectivity index (χ4v) is 1.74. The summed E-state index contributed by atoms with van der Waals surface area (Å²) in [4.78, 5) is 11.9. The predicted molar refractivity (Wildman–Crippen MR) is 64.3 cm³/mol. The van der Waals surface area contributed by atoms with Gasteiger partial charge in [-0.3, -0.25) is 4.79 Å². The highest BCUT2D eigenvalue weighted by Crippen LogP contribution is 2.05. The summed E-state index contributed by atoms with van der Waals surface area (Å²) in [5, 5.41) is 9.37. The van der Waals surface area contributed by atoms with Crippen LogP contribution >= 0.6 is 0 Å². The second kappa shape index (κ2) is 5.63. The average molecular weight is 219 g/mol. The van der Waals surface area contributed by atoms with Crippen molar-refractivity contribution < 1.29 is 4.79 Å². The Bertz CT molecular complexity index is 331. The van der Waals surface area contributed by atoms with E-state index in [0.717, 1.165) is 25.2 Å². The van der Waals surface area contributed by atoms with Crippen LogP contribution < -0.4 is 16.0 Å². The largest absolute Gasteiger partial charge is 0.325 e. The van der Waals surface area contributed by atoms with Gasteiger partial charge >= 0.3 is 0 Å². The molecule has 0 radical (unpaired) electrons. The Labute approximate surface area is 95.4 Å². The Morgan fingerprint density at radius 1 is 1.25 bits per heavy atom. The van der Waals surface area contributed by atoms with E-state index in [0.29, 0.717) is 6.54 Å². The molecule has 1 fully saturated rings. The molecule has 16 heavy (non-hydrogen) atoms. The van der Waals surface area contributed by atoms with Gasteiger partial charge in [0, 0.05) is 12.2 Å². The van der Waals surface area contributed by atoms with Crippen molar-refractivity contribution in [2.75, 3.05) is 25.0 Å². The maximum absolute atomic E-state index is 11.9. The second-order valence-electron chi connectivity index (χ2n) is 3.92. The molecule has 1 amide bonds. The lowest BCUT2D eigenvalue weighted by Gasteiger charge is -2.15. The van der Waals surface area contributed by atoms with Gasteiger partial charge in [0.05, 0.1) is 6.04 Å². The first-order valence-electron chi connectivity index (χ1n) is 5.66. The van der Waals surface area contributed by atoms with E-state index < -0.39 is 0 Å². The number of carbonyl (C=O) groups is 1. The highest BCUT2D eigenvalue weighted by atomic mass is 16.2. The van der Waals surface area contributed by atoms with Gasteiger partial charge in [0.1, 0.15) is 0 Å². The van der Waals surface area contributed by atoms with Gasteiger partial charge in [-0.15, -0.1) is 0 Å². The van der Waals surface area contributed by atoms with Gasteiger partial charge in [-0.25, -0.2) is 0 Å². The minimum absolute atomic E-state index is 0.0283. The monoisotopic (exact) mass is 219 g/mol. The number of para-hydroxylation sites is 1. The van der Waals surface area contributed by atoms with E-state index in [4.69, 9.17) is 0 Å². The van der Waals surface area contributed by atoms with Gasteiger partial charge in [-0.1, -0.05) is 18.2 Å². The first kappa shape index (κ1) is 11.1. The second-order valence-corrected chi connectivity index (χ2v) is 3.92. The van der Waals surface area contributed by atoms with Crippen LogP contribution in [-0.4, -0.2) is 31.6 Å². The molecule has 2 rings (SSSR count). The summed E-state index contributed by atoms with van der Waals surface area (Å²) in [6.07, 6.45) is 1.06. The van der Waals surface area contributed by atoms with Crippen molar-refractivity contribution in [2.24, 2.45) is 0 Å². The fourth-order valence-electron chi connectivity index (χ4n) is 1.74. The molecule has 1 aliphatic rings. The Morgan fingerprint density at radius 3 is 2.88 bits per heavy atom. The maximum Gasteiger partial charge on any atom is 0.242 e. The Kier molecular flexibility index (Phi) is 3.91. The number of hydrogen-bond acceptors (Lipinski definition) is 3. The quantitative estimate of drug-likeness (QED) is 0.682. The standard InChI is InChI=1S/C12H17N3O/c16-12(11-9-13-7-4-8-14-11)15-10-5-2-1-3-6-10/h1-3,5-6,11,13-14H,4,7-9H2,(H,15,16). The molecule has 1 aromatic rings. The normalized spacial score (nSPS) is 21.1. The van der Waals surface area contributed by atoms with E-state index in [9.17, 15) is 4.79 Å². The van der Waals surface area contributed by atoms with E-state index in [2.05, 4.69) is 16.0 Å². The molecule has 0 aromatic heterocycles. The highest BCUT2D eigenvalue weighted by Gasteiger charge is 2.18. The van der Waals surface area contributed by atoms with Crippen LogP contribution in [0, 0.1) is 0 Å². The van der Waals surface area contributed by atoms with Crippen LogP contribution in [0.15, 0.2) is 30.3 Å². The van der Waals surface area contributed by atoms with Crippen molar-refractivity contribution in [1.82, 2.24) is 10.6 Å². The summed E-state index contributed by atoms with van der Waals surface area (Å²) in [6.45, 7) is 2.56. The van der Waals surface area contributed by atoms with Gasteiger partial charge in [-0.2, -0.15) is 0 Å². The number of nitrogens with one attached hydrogen (secondary N) is 3. The SMILES string of the molecule is O=C(Nc1ccccc1)C1CNCCCN1. The molecule has 4 heteroatoms. The number of amides is 1. The van der Waals surface area contributed by atoms with Crippen molar-refractivity contribution in [3.63, 3.8) is 0 Å². The van der Waals surface area contributed by atoms with Crippen LogP contribution in [-0.2, 0) is 4.79 Å². The van der Waals surface area contributed by atoms with Crippen LogP contribution in [0.1, 0.15) is 6.42 Å². The van der Waals surface area contributed by atoms with Gasteiger partial charge in [0.2, 0.25) is 5.91 Å². The first-order valence-corrected chi connectivity index (χ1v) is 5.66. The van der Waals surface area contributed by atoms with E-state index in [1.165, 1.54) is 0 Å². The molecule has 1 heterocycles. The molecule has 1 atom stereocenters. The van der Waals surface area contributed by atoms with Gasteiger partial charge in [0.25, 0.3) is 0 Å². The lowest BCUT2D eigenvalue weighted by atomic mass is 10.2. The number of hydrogen-bond donors (Lipinski definition) is 3. The molecule has 1 unspecified atom stereocenters. The van der Waals surface area contributed by atoms with Crippen molar-refractivity contribution in [3.8, 4) is 0 Å². The smallest absolute Gasteiger partial charge is 0.242 e. The highest BCUT2D eigenvalue weighted by molar-refractivity contribution is 5.95. The summed E-state index contributed by atoms with van der Waals surface area (Å²) in [5.41, 5.74) is 0.846. The van der Waals surface area contributed by atoms with Crippen LogP contribution in [0.5, 0.6) is 0 Å². The molecule has 0 saturated carbocycles. The summed E-state index contributed by atoms with van der Waals surface area (Å²) < 4.78 is 0. The molecule has 1 aromatic carbocycles. The number of anilines is 1. The third-order valence-electron chi connectivity index (χ3n) is 2.63. The third-order valence-corrected chi connectivity index (χ3v) is 2.63. The van der Waals surface area contributed by atoms with Crippen molar-refractivity contribution in [3.05, 3.63) is 30.3 Å². The lowest BCUT2D eigenvalue weighted by Crippen LogP contribution is -2.45. The maximum atomic E-state index is 11.9. The minimum Gasteiger partial charge on any atom is -0.325 e. The number of rotatable bonds is 2. The average Bonchev–Trinajstić information content (AvgIpc) is 2.59. The van der Waals surface area contributed by atoms with E-state index in [1.807, 2.05) is 30.3 Å². The summed E-state index contributed by atoms with van der Waals surface area (Å²) in [5.74, 6) is 0.0283. The number of carbonyl (C=O) groups excluding carboxylic acids is 1. The van der Waals surface area contributed by atoms with Crippen LogP contribution in [0.3, 0.4) is 0 Å². The molecule has 0 bridgehead atoms. The van der Waals surface area contributed by atoms with Crippen LogP contribution in [0.25, 0.3) is 0 Å². The predicted octanol–water partition coefficient (Wildman–Crippen LogP) is 0.577. The molecule has 3 N–H and O–H groups in total. The van der Waals surface area contributed by atoms with Crippen molar-refractivity contribution >= 4 is 11.6 Å².